The number of pyridine rings is 1. The van der Waals surface area contributed by atoms with Gasteiger partial charge in [-0.3, -0.25) is 4.98 Å². The van der Waals surface area contributed by atoms with Crippen molar-refractivity contribution in [2.45, 2.75) is 0 Å². The molecule has 3 nitrogen and oxygen atoms in total. The van der Waals surface area contributed by atoms with E-state index >= 15 is 0 Å². The number of hydrogen-bond donors (Lipinski definition) is 1. The number of para-hydroxylation sites is 1. The smallest absolute Gasteiger partial charge is 0.139 e. The van der Waals surface area contributed by atoms with Crippen molar-refractivity contribution in [2.75, 3.05) is 18.5 Å². The van der Waals surface area contributed by atoms with E-state index < -0.39 is 0 Å². The minimum absolute atomic E-state index is 0.507. The Hall–Kier alpha value is -1.45. The molecule has 0 saturated carbocycles. The Morgan fingerprint density at radius 2 is 2.00 bits per heavy atom. The lowest BCUT2D eigenvalue weighted by atomic mass is 10.3. The number of rotatable bonds is 5. The second-order valence-corrected chi connectivity index (χ2v) is 4.44. The van der Waals surface area contributed by atoms with E-state index in [0.717, 1.165) is 5.69 Å². The summed E-state index contributed by atoms with van der Waals surface area (Å²) < 4.78 is 5.50. The zero-order valence-corrected chi connectivity index (χ0v) is 11.1. The molecule has 0 unspecified atom stereocenters. The molecule has 0 aliphatic rings. The lowest BCUT2D eigenvalue weighted by Gasteiger charge is -2.09. The minimum atomic E-state index is 0.507. The van der Waals surface area contributed by atoms with Gasteiger partial charge in [0.05, 0.1) is 21.9 Å². The van der Waals surface area contributed by atoms with Crippen LogP contribution >= 0.6 is 23.2 Å². The van der Waals surface area contributed by atoms with Crippen LogP contribution in [-0.2, 0) is 0 Å². The van der Waals surface area contributed by atoms with E-state index in [1.54, 1.807) is 18.5 Å². The Morgan fingerprint density at radius 3 is 2.78 bits per heavy atom. The predicted octanol–water partition coefficient (Wildman–Crippen LogP) is 3.88. The van der Waals surface area contributed by atoms with Crippen molar-refractivity contribution >= 4 is 28.9 Å². The fourth-order valence-corrected chi connectivity index (χ4v) is 1.80. The van der Waals surface area contributed by atoms with E-state index in [9.17, 15) is 0 Å². The number of anilines is 1. The first-order chi connectivity index (χ1) is 8.75. The van der Waals surface area contributed by atoms with Crippen LogP contribution in [0.1, 0.15) is 0 Å². The average molecular weight is 283 g/mol. The topological polar surface area (TPSA) is 34.1 Å². The minimum Gasteiger partial charge on any atom is -0.490 e. The second-order valence-electron chi connectivity index (χ2n) is 3.59. The molecule has 0 fully saturated rings. The molecule has 0 aliphatic heterocycles. The summed E-state index contributed by atoms with van der Waals surface area (Å²) in [5.41, 5.74) is 0.895. The molecule has 1 aromatic heterocycles. The van der Waals surface area contributed by atoms with Crippen LogP contribution in [0, 0.1) is 0 Å². The maximum atomic E-state index is 6.01. The Balaban J connectivity index is 1.78. The van der Waals surface area contributed by atoms with Gasteiger partial charge in [0.25, 0.3) is 0 Å². The van der Waals surface area contributed by atoms with Crippen molar-refractivity contribution in [3.05, 3.63) is 52.8 Å². The number of benzene rings is 1. The van der Waals surface area contributed by atoms with Gasteiger partial charge in [0.1, 0.15) is 12.4 Å². The van der Waals surface area contributed by atoms with Gasteiger partial charge in [0.15, 0.2) is 0 Å². The average Bonchev–Trinajstić information content (AvgIpc) is 2.37. The van der Waals surface area contributed by atoms with E-state index in [2.05, 4.69) is 10.3 Å². The van der Waals surface area contributed by atoms with E-state index in [1.165, 1.54) is 0 Å². The maximum absolute atomic E-state index is 6.01. The molecule has 1 aromatic carbocycles. The largest absolute Gasteiger partial charge is 0.490 e. The number of hydrogen-bond acceptors (Lipinski definition) is 3. The van der Waals surface area contributed by atoms with E-state index in [0.29, 0.717) is 28.9 Å². The van der Waals surface area contributed by atoms with E-state index in [1.807, 2.05) is 24.3 Å². The molecule has 18 heavy (non-hydrogen) atoms. The molecule has 2 aromatic rings. The molecule has 5 heteroatoms. The van der Waals surface area contributed by atoms with Crippen molar-refractivity contribution in [2.24, 2.45) is 0 Å². The third kappa shape index (κ3) is 3.79. The summed E-state index contributed by atoms with van der Waals surface area (Å²) in [7, 11) is 0. The van der Waals surface area contributed by atoms with Crippen molar-refractivity contribution in [3.63, 3.8) is 0 Å². The van der Waals surface area contributed by atoms with Crippen molar-refractivity contribution in [1.82, 2.24) is 4.98 Å². The molecule has 0 amide bonds. The maximum Gasteiger partial charge on any atom is 0.139 e. The van der Waals surface area contributed by atoms with Crippen molar-refractivity contribution in [3.8, 4) is 5.75 Å². The first-order valence-corrected chi connectivity index (χ1v) is 6.23. The summed E-state index contributed by atoms with van der Waals surface area (Å²) in [6.45, 7) is 1.16. The molecule has 0 spiro atoms. The monoisotopic (exact) mass is 282 g/mol. The molecule has 94 valence electrons. The summed E-state index contributed by atoms with van der Waals surface area (Å²) in [6.07, 6.45) is 3.19. The third-order valence-corrected chi connectivity index (χ3v) is 2.78. The zero-order valence-electron chi connectivity index (χ0n) is 9.57. The Morgan fingerprint density at radius 1 is 1.17 bits per heavy atom. The standard InChI is InChI=1S/C13H12Cl2N2O/c14-10-7-11(9-16-8-10)18-6-5-17-13-4-2-1-3-12(13)15/h1-4,7-9,17H,5-6H2. The summed E-state index contributed by atoms with van der Waals surface area (Å²) in [5, 5.41) is 4.45. The quantitative estimate of drug-likeness (QED) is 0.845. The Kier molecular flexibility index (Phi) is 4.67. The highest BCUT2D eigenvalue weighted by Crippen LogP contribution is 2.20. The lowest BCUT2D eigenvalue weighted by molar-refractivity contribution is 0.331. The molecular formula is C13H12Cl2N2O. The number of nitrogens with zero attached hydrogens (tertiary/aromatic N) is 1. The number of halogens is 2. The highest BCUT2D eigenvalue weighted by Gasteiger charge is 1.98. The highest BCUT2D eigenvalue weighted by atomic mass is 35.5. The first-order valence-electron chi connectivity index (χ1n) is 5.47. The fraction of sp³-hybridized carbons (Fsp3) is 0.154. The third-order valence-electron chi connectivity index (χ3n) is 2.24. The van der Waals surface area contributed by atoms with Gasteiger partial charge in [-0.05, 0) is 12.1 Å². The van der Waals surface area contributed by atoms with Crippen molar-refractivity contribution in [1.29, 1.82) is 0 Å². The number of ether oxygens (including phenoxy) is 1. The van der Waals surface area contributed by atoms with Crippen LogP contribution in [-0.4, -0.2) is 18.1 Å². The predicted molar refractivity (Wildman–Crippen MR) is 74.7 cm³/mol. The van der Waals surface area contributed by atoms with Gasteiger partial charge in [0.2, 0.25) is 0 Å². The van der Waals surface area contributed by atoms with Crippen LogP contribution < -0.4 is 10.1 Å². The molecular weight excluding hydrogens is 271 g/mol. The van der Waals surface area contributed by atoms with E-state index in [4.69, 9.17) is 27.9 Å². The van der Waals surface area contributed by atoms with Gasteiger partial charge < -0.3 is 10.1 Å². The highest BCUT2D eigenvalue weighted by molar-refractivity contribution is 6.33. The molecule has 0 saturated heterocycles. The SMILES string of the molecule is Clc1cncc(OCCNc2ccccc2Cl)c1. The molecule has 1 heterocycles. The van der Waals surface area contributed by atoms with Gasteiger partial charge in [-0.2, -0.15) is 0 Å². The molecule has 0 atom stereocenters. The van der Waals surface area contributed by atoms with Gasteiger partial charge in [-0.15, -0.1) is 0 Å². The Bertz CT molecular complexity index is 520. The number of aromatic nitrogens is 1. The molecule has 1 N–H and O–H groups in total. The first kappa shape index (κ1) is 13.0. The van der Waals surface area contributed by atoms with Crippen LogP contribution in [0.2, 0.25) is 10.0 Å². The summed E-state index contributed by atoms with van der Waals surface area (Å²) >= 11 is 11.8. The molecule has 0 radical (unpaired) electrons. The van der Waals surface area contributed by atoms with Gasteiger partial charge >= 0.3 is 0 Å². The fourth-order valence-electron chi connectivity index (χ4n) is 1.43. The normalized spacial score (nSPS) is 10.1. The summed E-state index contributed by atoms with van der Waals surface area (Å²) in [4.78, 5) is 3.94. The zero-order chi connectivity index (χ0) is 12.8. The Labute approximate surface area is 116 Å². The van der Waals surface area contributed by atoms with Crippen LogP contribution in [0.5, 0.6) is 5.75 Å². The van der Waals surface area contributed by atoms with E-state index in [-0.39, 0.29) is 0 Å². The van der Waals surface area contributed by atoms with Crippen LogP contribution in [0.4, 0.5) is 5.69 Å². The summed E-state index contributed by atoms with van der Waals surface area (Å²) in [6, 6.07) is 9.30. The molecule has 2 rings (SSSR count). The lowest BCUT2D eigenvalue weighted by Crippen LogP contribution is -2.11. The van der Waals surface area contributed by atoms with Gasteiger partial charge in [0, 0.05) is 18.8 Å². The molecule has 0 aliphatic carbocycles. The van der Waals surface area contributed by atoms with Crippen molar-refractivity contribution < 1.29 is 4.74 Å². The van der Waals surface area contributed by atoms with Gasteiger partial charge in [-0.1, -0.05) is 35.3 Å². The van der Waals surface area contributed by atoms with Crippen LogP contribution in [0.3, 0.4) is 0 Å². The molecule has 0 bridgehead atoms. The number of nitrogens with one attached hydrogen (secondary N) is 1. The van der Waals surface area contributed by atoms with Crippen LogP contribution in [0.25, 0.3) is 0 Å². The van der Waals surface area contributed by atoms with Crippen LogP contribution in [0.15, 0.2) is 42.7 Å². The summed E-state index contributed by atoms with van der Waals surface area (Å²) in [5.74, 6) is 0.656. The van der Waals surface area contributed by atoms with Gasteiger partial charge in [-0.25, -0.2) is 0 Å². The second kappa shape index (κ2) is 6.47.